The fourth-order valence-electron chi connectivity index (χ4n) is 2.51. The Kier molecular flexibility index (Phi) is 5.29. The molecular weight excluding hydrogens is 316 g/mol. The van der Waals surface area contributed by atoms with Crippen molar-refractivity contribution in [2.75, 3.05) is 13.2 Å². The summed E-state index contributed by atoms with van der Waals surface area (Å²) in [5.41, 5.74) is 0.124. The molecule has 1 amide bonds. The molecule has 2 rings (SSSR count). The number of esters is 1. The van der Waals surface area contributed by atoms with Crippen LogP contribution in [0.4, 0.5) is 4.79 Å². The minimum absolute atomic E-state index is 0.128. The van der Waals surface area contributed by atoms with Gasteiger partial charge in [-0.05, 0) is 47.5 Å². The van der Waals surface area contributed by atoms with Gasteiger partial charge in [0.05, 0.1) is 18.3 Å². The zero-order chi connectivity index (χ0) is 17.2. The summed E-state index contributed by atoms with van der Waals surface area (Å²) in [4.78, 5) is 31.0. The molecule has 0 radical (unpaired) electrons. The Morgan fingerprint density at radius 2 is 2.09 bits per heavy atom. The average molecular weight is 340 g/mol. The number of rotatable bonds is 3. The van der Waals surface area contributed by atoms with Crippen LogP contribution in [0.1, 0.15) is 67.0 Å². The molecule has 0 aromatic carbocycles. The monoisotopic (exact) mass is 340 g/mol. The van der Waals surface area contributed by atoms with E-state index in [4.69, 9.17) is 9.47 Å². The van der Waals surface area contributed by atoms with Gasteiger partial charge in [-0.1, -0.05) is 0 Å². The van der Waals surface area contributed by atoms with Gasteiger partial charge < -0.3 is 9.47 Å². The van der Waals surface area contributed by atoms with E-state index in [1.54, 1.807) is 18.7 Å². The first kappa shape index (κ1) is 17.7. The van der Waals surface area contributed by atoms with E-state index in [1.807, 2.05) is 20.8 Å². The van der Waals surface area contributed by atoms with E-state index in [0.29, 0.717) is 23.7 Å². The number of carbonyl (C=O) groups excluding carboxylic acids is 2. The molecule has 1 aliphatic rings. The van der Waals surface area contributed by atoms with E-state index in [0.717, 1.165) is 17.8 Å². The van der Waals surface area contributed by atoms with Gasteiger partial charge in [-0.2, -0.15) is 0 Å². The summed E-state index contributed by atoms with van der Waals surface area (Å²) in [7, 11) is 0. The molecule has 6 nitrogen and oxygen atoms in total. The van der Waals surface area contributed by atoms with E-state index in [2.05, 4.69) is 4.98 Å². The van der Waals surface area contributed by atoms with E-state index < -0.39 is 5.60 Å². The van der Waals surface area contributed by atoms with Crippen molar-refractivity contribution in [3.63, 3.8) is 0 Å². The Balaban J connectivity index is 2.19. The maximum Gasteiger partial charge on any atom is 0.410 e. The van der Waals surface area contributed by atoms with E-state index >= 15 is 0 Å². The van der Waals surface area contributed by atoms with Crippen molar-refractivity contribution in [3.8, 4) is 0 Å². The largest absolute Gasteiger partial charge is 0.462 e. The molecule has 0 unspecified atom stereocenters. The Labute approximate surface area is 140 Å². The molecule has 0 spiro atoms. The Morgan fingerprint density at radius 1 is 1.39 bits per heavy atom. The fourth-order valence-corrected chi connectivity index (χ4v) is 3.62. The van der Waals surface area contributed by atoms with Crippen LogP contribution in [0, 0.1) is 6.92 Å². The van der Waals surface area contributed by atoms with Gasteiger partial charge in [0.2, 0.25) is 0 Å². The lowest BCUT2D eigenvalue weighted by Gasteiger charge is -2.27. The normalized spacial score (nSPS) is 18.1. The number of ether oxygens (including phenoxy) is 2. The molecule has 7 heteroatoms. The van der Waals surface area contributed by atoms with Crippen molar-refractivity contribution in [2.45, 2.75) is 59.1 Å². The van der Waals surface area contributed by atoms with Crippen LogP contribution < -0.4 is 0 Å². The van der Waals surface area contributed by atoms with Gasteiger partial charge in [-0.25, -0.2) is 14.6 Å². The molecule has 0 saturated carbocycles. The average Bonchev–Trinajstić information content (AvgIpc) is 3.02. The first-order valence-corrected chi connectivity index (χ1v) is 8.68. The number of likely N-dealkylation sites (tertiary alicyclic amines) is 1. The Bertz CT molecular complexity index is 591. The van der Waals surface area contributed by atoms with Crippen LogP contribution in [-0.2, 0) is 9.47 Å². The zero-order valence-electron chi connectivity index (χ0n) is 14.3. The van der Waals surface area contributed by atoms with Crippen LogP contribution in [0.25, 0.3) is 0 Å². The lowest BCUT2D eigenvalue weighted by molar-refractivity contribution is 0.0224. The quantitative estimate of drug-likeness (QED) is 0.785. The molecular formula is C16H24N2O4S. The van der Waals surface area contributed by atoms with E-state index in [-0.39, 0.29) is 18.1 Å². The van der Waals surface area contributed by atoms with Crippen LogP contribution in [0.15, 0.2) is 0 Å². The lowest BCUT2D eigenvalue weighted by Crippen LogP contribution is -2.36. The summed E-state index contributed by atoms with van der Waals surface area (Å²) < 4.78 is 10.5. The van der Waals surface area contributed by atoms with Crippen molar-refractivity contribution in [2.24, 2.45) is 0 Å². The number of hydrogen-bond donors (Lipinski definition) is 0. The molecule has 1 saturated heterocycles. The highest BCUT2D eigenvalue weighted by atomic mass is 32.1. The highest BCUT2D eigenvalue weighted by molar-refractivity contribution is 7.13. The van der Waals surface area contributed by atoms with E-state index in [9.17, 15) is 9.59 Å². The van der Waals surface area contributed by atoms with Crippen LogP contribution in [0.3, 0.4) is 0 Å². The first-order chi connectivity index (χ1) is 10.7. The molecule has 23 heavy (non-hydrogen) atoms. The number of amides is 1. The van der Waals surface area contributed by atoms with Gasteiger partial charge >= 0.3 is 12.1 Å². The molecule has 0 aliphatic carbocycles. The fraction of sp³-hybridized carbons (Fsp3) is 0.688. The number of nitrogens with zero attached hydrogens (tertiary/aromatic N) is 2. The summed E-state index contributed by atoms with van der Waals surface area (Å²) in [6, 6.07) is -0.128. The number of thiazole rings is 1. The second-order valence-corrected chi connectivity index (χ2v) is 7.55. The number of hydrogen-bond acceptors (Lipinski definition) is 6. The lowest BCUT2D eigenvalue weighted by atomic mass is 10.2. The van der Waals surface area contributed by atoms with Crippen LogP contribution in [0.2, 0.25) is 0 Å². The van der Waals surface area contributed by atoms with Gasteiger partial charge in [-0.15, -0.1) is 11.3 Å². The standard InChI is InChI=1S/C16H24N2O4S/c1-6-21-14(19)12-10(2)17-13(23-12)11-8-7-9-18(11)15(20)22-16(3,4)5/h11H,6-9H2,1-5H3/t11-/m1/s1. The van der Waals surface area contributed by atoms with E-state index in [1.165, 1.54) is 11.3 Å². The minimum atomic E-state index is -0.529. The van der Waals surface area contributed by atoms with Gasteiger partial charge in [0.1, 0.15) is 15.5 Å². The van der Waals surface area contributed by atoms with Gasteiger partial charge in [-0.3, -0.25) is 4.90 Å². The predicted molar refractivity (Wildman–Crippen MR) is 87.7 cm³/mol. The third kappa shape index (κ3) is 4.22. The maximum absolute atomic E-state index is 12.4. The summed E-state index contributed by atoms with van der Waals surface area (Å²) in [5, 5.41) is 0.772. The highest BCUT2D eigenvalue weighted by Gasteiger charge is 2.35. The Morgan fingerprint density at radius 3 is 2.70 bits per heavy atom. The van der Waals surface area contributed by atoms with Crippen LogP contribution in [0.5, 0.6) is 0 Å². The summed E-state index contributed by atoms with van der Waals surface area (Å²) in [6.07, 6.45) is 1.40. The van der Waals surface area contributed by atoms with Crippen molar-refractivity contribution in [1.82, 2.24) is 9.88 Å². The molecule has 1 aromatic rings. The Hall–Kier alpha value is -1.63. The van der Waals surface area contributed by atoms with Crippen molar-refractivity contribution < 1.29 is 19.1 Å². The summed E-state index contributed by atoms with van der Waals surface area (Å²) >= 11 is 1.31. The van der Waals surface area contributed by atoms with Crippen molar-refractivity contribution in [1.29, 1.82) is 0 Å². The number of carbonyl (C=O) groups is 2. The molecule has 0 bridgehead atoms. The van der Waals surface area contributed by atoms with Gasteiger partial charge in [0, 0.05) is 6.54 Å². The summed E-state index contributed by atoms with van der Waals surface area (Å²) in [6.45, 7) is 10.1. The van der Waals surface area contributed by atoms with Gasteiger partial charge in [0.15, 0.2) is 0 Å². The molecule has 128 valence electrons. The van der Waals surface area contributed by atoms with Crippen molar-refractivity contribution in [3.05, 3.63) is 15.6 Å². The van der Waals surface area contributed by atoms with Crippen molar-refractivity contribution >= 4 is 23.4 Å². The summed E-state index contributed by atoms with van der Waals surface area (Å²) in [5.74, 6) is -0.351. The highest BCUT2D eigenvalue weighted by Crippen LogP contribution is 2.36. The third-order valence-electron chi connectivity index (χ3n) is 3.44. The molecule has 1 aromatic heterocycles. The number of aromatic nitrogens is 1. The molecule has 1 fully saturated rings. The minimum Gasteiger partial charge on any atom is -0.462 e. The maximum atomic E-state index is 12.4. The zero-order valence-corrected chi connectivity index (χ0v) is 15.2. The molecule has 0 N–H and O–H groups in total. The molecule has 1 aliphatic heterocycles. The van der Waals surface area contributed by atoms with Crippen LogP contribution in [-0.4, -0.2) is 40.7 Å². The topological polar surface area (TPSA) is 68.7 Å². The second-order valence-electron chi connectivity index (χ2n) is 6.52. The molecule has 2 heterocycles. The first-order valence-electron chi connectivity index (χ1n) is 7.87. The smallest absolute Gasteiger partial charge is 0.410 e. The molecule has 1 atom stereocenters. The predicted octanol–water partition coefficient (Wildman–Crippen LogP) is 3.70. The van der Waals surface area contributed by atoms with Crippen LogP contribution >= 0.6 is 11.3 Å². The third-order valence-corrected chi connectivity index (χ3v) is 4.68. The number of aryl methyl sites for hydroxylation is 1. The SMILES string of the molecule is CCOC(=O)c1sc([C@H]2CCCN2C(=O)OC(C)(C)C)nc1C. The van der Waals surface area contributed by atoms with Gasteiger partial charge in [0.25, 0.3) is 0 Å². The second kappa shape index (κ2) is 6.86.